The van der Waals surface area contributed by atoms with Crippen molar-refractivity contribution in [3.8, 4) is 0 Å². The van der Waals surface area contributed by atoms with Gasteiger partial charge in [0.1, 0.15) is 0 Å². The second-order valence-electron chi connectivity index (χ2n) is 7.49. The number of nitrogens with zero attached hydrogens (tertiary/aromatic N) is 1. The average molecular weight is 356 g/mol. The van der Waals surface area contributed by atoms with Gasteiger partial charge in [-0.3, -0.25) is 19.3 Å². The third-order valence-electron chi connectivity index (χ3n) is 5.49. The number of benzene rings is 1. The Morgan fingerprint density at radius 1 is 0.923 bits per heavy atom. The molecule has 1 saturated carbocycles. The van der Waals surface area contributed by atoms with Crippen LogP contribution in [0.2, 0.25) is 0 Å². The van der Waals surface area contributed by atoms with Gasteiger partial charge in [0.25, 0.3) is 5.91 Å². The minimum absolute atomic E-state index is 0.0491. The fourth-order valence-corrected chi connectivity index (χ4v) is 3.83. The Kier molecular flexibility index (Phi) is 6.42. The maximum absolute atomic E-state index is 12.4. The molecule has 0 atom stereocenters. The highest BCUT2D eigenvalue weighted by Gasteiger charge is 2.28. The molecule has 3 amide bonds. The van der Waals surface area contributed by atoms with E-state index in [1.807, 2.05) is 12.1 Å². The van der Waals surface area contributed by atoms with E-state index in [0.717, 1.165) is 12.1 Å². The van der Waals surface area contributed by atoms with Gasteiger partial charge in [0.15, 0.2) is 0 Å². The van der Waals surface area contributed by atoms with Crippen LogP contribution in [0.25, 0.3) is 0 Å². The van der Waals surface area contributed by atoms with Crippen molar-refractivity contribution in [2.45, 2.75) is 64.3 Å². The van der Waals surface area contributed by atoms with Gasteiger partial charge in [-0.1, -0.05) is 44.2 Å². The molecule has 0 bridgehead atoms. The van der Waals surface area contributed by atoms with Crippen LogP contribution in [-0.2, 0) is 16.1 Å². The zero-order valence-corrected chi connectivity index (χ0v) is 15.3. The normalized spacial score (nSPS) is 19.3. The Hall–Kier alpha value is -2.17. The smallest absolute Gasteiger partial charge is 0.251 e. The number of amides is 3. The van der Waals surface area contributed by atoms with Crippen LogP contribution in [0.15, 0.2) is 24.3 Å². The number of hydrogen-bond donors (Lipinski definition) is 1. The van der Waals surface area contributed by atoms with Crippen molar-refractivity contribution in [1.29, 1.82) is 0 Å². The van der Waals surface area contributed by atoms with E-state index in [1.165, 1.54) is 49.8 Å². The van der Waals surface area contributed by atoms with E-state index in [9.17, 15) is 14.4 Å². The van der Waals surface area contributed by atoms with Crippen molar-refractivity contribution < 1.29 is 14.4 Å². The Balaban J connectivity index is 1.50. The van der Waals surface area contributed by atoms with Crippen molar-refractivity contribution in [3.63, 3.8) is 0 Å². The number of nitrogens with one attached hydrogen (secondary N) is 1. The van der Waals surface area contributed by atoms with E-state index in [-0.39, 0.29) is 17.7 Å². The molecule has 1 saturated heterocycles. The minimum atomic E-state index is -0.115. The van der Waals surface area contributed by atoms with Crippen LogP contribution in [0, 0.1) is 5.92 Å². The van der Waals surface area contributed by atoms with Crippen LogP contribution < -0.4 is 5.32 Å². The van der Waals surface area contributed by atoms with Crippen molar-refractivity contribution in [2.75, 3.05) is 6.54 Å². The molecule has 2 fully saturated rings. The van der Waals surface area contributed by atoms with Crippen molar-refractivity contribution >= 4 is 17.7 Å². The van der Waals surface area contributed by atoms with Gasteiger partial charge in [-0.25, -0.2) is 0 Å². The first-order chi connectivity index (χ1) is 12.6. The molecule has 140 valence electrons. The maximum Gasteiger partial charge on any atom is 0.251 e. The number of imide groups is 1. The van der Waals surface area contributed by atoms with Crippen molar-refractivity contribution in [1.82, 2.24) is 10.2 Å². The second kappa shape index (κ2) is 8.97. The lowest BCUT2D eigenvalue weighted by Gasteiger charge is -2.20. The van der Waals surface area contributed by atoms with Crippen LogP contribution in [0.4, 0.5) is 0 Å². The fraction of sp³-hybridized carbons (Fsp3) is 0.571. The Morgan fingerprint density at radius 2 is 1.50 bits per heavy atom. The van der Waals surface area contributed by atoms with Gasteiger partial charge in [-0.15, -0.1) is 0 Å². The molecule has 0 spiro atoms. The van der Waals surface area contributed by atoms with E-state index < -0.39 is 0 Å². The largest absolute Gasteiger partial charge is 0.352 e. The predicted molar refractivity (Wildman–Crippen MR) is 99.4 cm³/mol. The molecule has 0 aromatic heterocycles. The van der Waals surface area contributed by atoms with Crippen LogP contribution >= 0.6 is 0 Å². The number of carbonyl (C=O) groups excluding carboxylic acids is 3. The summed E-state index contributed by atoms with van der Waals surface area (Å²) in [7, 11) is 0. The van der Waals surface area contributed by atoms with Gasteiger partial charge >= 0.3 is 0 Å². The van der Waals surface area contributed by atoms with Crippen LogP contribution in [0.1, 0.15) is 73.7 Å². The molecule has 1 heterocycles. The summed E-state index contributed by atoms with van der Waals surface area (Å²) in [6.07, 6.45) is 9.53. The van der Waals surface area contributed by atoms with Gasteiger partial charge in [-0.2, -0.15) is 0 Å². The lowest BCUT2D eigenvalue weighted by molar-refractivity contribution is -0.139. The van der Waals surface area contributed by atoms with Gasteiger partial charge in [0.05, 0.1) is 6.54 Å². The van der Waals surface area contributed by atoms with Crippen molar-refractivity contribution in [3.05, 3.63) is 35.4 Å². The molecule has 5 nitrogen and oxygen atoms in total. The number of likely N-dealkylation sites (tertiary alicyclic amines) is 1. The fourth-order valence-electron chi connectivity index (χ4n) is 3.83. The summed E-state index contributed by atoms with van der Waals surface area (Å²) in [6, 6.07) is 7.19. The standard InChI is InChI=1S/C21H28N2O3/c24-19-12-13-20(25)23(19)15-17-8-10-18(11-9-17)21(26)22-14-16-6-4-2-1-3-5-7-16/h8-11,16H,1-7,12-15H2,(H,22,26). The summed E-state index contributed by atoms with van der Waals surface area (Å²) >= 11 is 0. The molecule has 1 aromatic carbocycles. The molecule has 0 unspecified atom stereocenters. The Bertz CT molecular complexity index is 630. The summed E-state index contributed by atoms with van der Waals surface area (Å²) in [5, 5.41) is 3.07. The van der Waals surface area contributed by atoms with Gasteiger partial charge in [0, 0.05) is 24.9 Å². The first-order valence-corrected chi connectivity index (χ1v) is 9.84. The van der Waals surface area contributed by atoms with Crippen molar-refractivity contribution in [2.24, 2.45) is 5.92 Å². The van der Waals surface area contributed by atoms with Crippen LogP contribution in [0.5, 0.6) is 0 Å². The molecule has 2 aliphatic rings. The molecule has 1 aromatic rings. The number of carbonyl (C=O) groups is 3. The van der Waals surface area contributed by atoms with E-state index >= 15 is 0 Å². The monoisotopic (exact) mass is 356 g/mol. The molecule has 1 aliphatic heterocycles. The predicted octanol–water partition coefficient (Wildman–Crippen LogP) is 3.43. The van der Waals surface area contributed by atoms with E-state index in [1.54, 1.807) is 12.1 Å². The highest BCUT2D eigenvalue weighted by atomic mass is 16.2. The third-order valence-corrected chi connectivity index (χ3v) is 5.49. The first-order valence-electron chi connectivity index (χ1n) is 9.84. The summed E-state index contributed by atoms with van der Waals surface area (Å²) in [5.41, 5.74) is 1.49. The summed E-state index contributed by atoms with van der Waals surface area (Å²) in [5.74, 6) is 0.310. The summed E-state index contributed by atoms with van der Waals surface area (Å²) in [4.78, 5) is 37.0. The lowest BCUT2D eigenvalue weighted by atomic mass is 9.91. The molecule has 1 N–H and O–H groups in total. The molecular weight excluding hydrogens is 328 g/mol. The first kappa shape index (κ1) is 18.6. The molecular formula is C21H28N2O3. The number of hydrogen-bond acceptors (Lipinski definition) is 3. The zero-order valence-electron chi connectivity index (χ0n) is 15.3. The maximum atomic E-state index is 12.4. The van der Waals surface area contributed by atoms with E-state index in [4.69, 9.17) is 0 Å². The highest BCUT2D eigenvalue weighted by Crippen LogP contribution is 2.22. The summed E-state index contributed by atoms with van der Waals surface area (Å²) < 4.78 is 0. The second-order valence-corrected chi connectivity index (χ2v) is 7.49. The van der Waals surface area contributed by atoms with E-state index in [2.05, 4.69) is 5.32 Å². The SMILES string of the molecule is O=C(NCC1CCCCCCC1)c1ccc(CN2C(=O)CCC2=O)cc1. The Morgan fingerprint density at radius 3 is 2.12 bits per heavy atom. The Labute approximate surface area is 155 Å². The minimum Gasteiger partial charge on any atom is -0.352 e. The lowest BCUT2D eigenvalue weighted by Crippen LogP contribution is -2.30. The van der Waals surface area contributed by atoms with E-state index in [0.29, 0.717) is 30.9 Å². The van der Waals surface area contributed by atoms with Gasteiger partial charge in [-0.05, 0) is 36.5 Å². The molecule has 3 rings (SSSR count). The summed E-state index contributed by atoms with van der Waals surface area (Å²) in [6.45, 7) is 1.04. The highest BCUT2D eigenvalue weighted by molar-refractivity contribution is 6.01. The number of rotatable bonds is 5. The molecule has 26 heavy (non-hydrogen) atoms. The average Bonchev–Trinajstić information content (AvgIpc) is 2.93. The van der Waals surface area contributed by atoms with Gasteiger partial charge in [0.2, 0.25) is 11.8 Å². The molecule has 1 aliphatic carbocycles. The van der Waals surface area contributed by atoms with Crippen LogP contribution in [-0.4, -0.2) is 29.2 Å². The van der Waals surface area contributed by atoms with Crippen LogP contribution in [0.3, 0.4) is 0 Å². The quantitative estimate of drug-likeness (QED) is 0.822. The molecule has 0 radical (unpaired) electrons. The molecule has 5 heteroatoms. The zero-order chi connectivity index (χ0) is 18.4. The third kappa shape index (κ3) is 4.93. The van der Waals surface area contributed by atoms with Gasteiger partial charge < -0.3 is 5.32 Å². The topological polar surface area (TPSA) is 66.5 Å².